The van der Waals surface area contributed by atoms with Crippen LogP contribution in [0.3, 0.4) is 0 Å². The number of amides is 4. The van der Waals surface area contributed by atoms with Gasteiger partial charge < -0.3 is 46.1 Å². The average Bonchev–Trinajstić information content (AvgIpc) is 4.50. The van der Waals surface area contributed by atoms with Gasteiger partial charge >= 0.3 is 0 Å². The van der Waals surface area contributed by atoms with Crippen LogP contribution in [0.4, 0.5) is 13.2 Å². The van der Waals surface area contributed by atoms with Crippen LogP contribution in [0, 0.1) is 17.5 Å². The Morgan fingerprint density at radius 1 is 0.481 bits per heavy atom. The molecule has 20 heteroatoms. The van der Waals surface area contributed by atoms with E-state index in [1.807, 2.05) is 38.1 Å². The lowest BCUT2D eigenvalue weighted by molar-refractivity contribution is 0.0896. The molecule has 4 atom stereocenters. The second-order valence-electron chi connectivity index (χ2n) is 19.6. The van der Waals surface area contributed by atoms with E-state index < -0.39 is 40.5 Å². The summed E-state index contributed by atoms with van der Waals surface area (Å²) in [5, 5.41) is 18.3. The summed E-state index contributed by atoms with van der Waals surface area (Å²) in [5.74, 6) is -5.76. The third kappa shape index (κ3) is 13.0. The van der Waals surface area contributed by atoms with E-state index in [0.29, 0.717) is 75.4 Å². The van der Waals surface area contributed by atoms with Gasteiger partial charge in [0.1, 0.15) is 22.6 Å². The summed E-state index contributed by atoms with van der Waals surface area (Å²) in [7, 11) is 1.32. The molecular formula is C61H59F3N8O9. The molecule has 0 radical (unpaired) electrons. The number of ether oxygens (including phenoxy) is 3. The predicted molar refractivity (Wildman–Crippen MR) is 297 cm³/mol. The van der Waals surface area contributed by atoms with Crippen LogP contribution in [-0.4, -0.2) is 118 Å². The Bertz CT molecular complexity index is 3450. The number of nitrogens with zero attached hydrogens (tertiary/aromatic N) is 2. The van der Waals surface area contributed by atoms with Gasteiger partial charge in [0.15, 0.2) is 34.8 Å². The second-order valence-corrected chi connectivity index (χ2v) is 19.6. The number of rotatable bonds is 19. The van der Waals surface area contributed by atoms with Crippen molar-refractivity contribution >= 4 is 47.6 Å². The highest BCUT2D eigenvalue weighted by atomic mass is 19.2. The lowest BCUT2D eigenvalue weighted by Crippen LogP contribution is -2.51. The van der Waals surface area contributed by atoms with E-state index in [0.717, 1.165) is 28.3 Å². The Morgan fingerprint density at radius 2 is 0.840 bits per heavy atom. The van der Waals surface area contributed by atoms with Crippen LogP contribution >= 0.6 is 0 Å². The van der Waals surface area contributed by atoms with Gasteiger partial charge in [0.05, 0.1) is 57.6 Å². The van der Waals surface area contributed by atoms with E-state index in [1.165, 1.54) is 73.8 Å². The van der Waals surface area contributed by atoms with Gasteiger partial charge in [-0.2, -0.15) is 0 Å². The van der Waals surface area contributed by atoms with Gasteiger partial charge in [-0.25, -0.2) is 13.2 Å². The summed E-state index contributed by atoms with van der Waals surface area (Å²) in [6, 6.07) is 26.3. The maximum atomic E-state index is 15.1. The number of benzene rings is 6. The fraction of sp³-hybridized carbons (Fsp3) is 0.279. The molecule has 2 saturated heterocycles. The first kappa shape index (κ1) is 56.7. The zero-order chi connectivity index (χ0) is 57.2. The molecule has 0 aromatic heterocycles. The molecule has 6 N–H and O–H groups in total. The van der Waals surface area contributed by atoms with Crippen molar-refractivity contribution in [3.05, 3.63) is 193 Å². The molecule has 17 nitrogen and oxygen atoms in total. The van der Waals surface area contributed by atoms with Crippen LogP contribution in [0.1, 0.15) is 122 Å². The van der Waals surface area contributed by atoms with Gasteiger partial charge in [0.2, 0.25) is 0 Å². The second kappa shape index (κ2) is 25.8. The molecule has 6 aromatic carbocycles. The number of hydrogen-bond donors (Lipinski definition) is 6. The highest BCUT2D eigenvalue weighted by molar-refractivity contribution is 6.12. The van der Waals surface area contributed by atoms with Crippen molar-refractivity contribution in [2.24, 2.45) is 9.98 Å². The minimum Gasteiger partial charge on any atom is -0.494 e. The molecule has 0 spiro atoms. The molecule has 4 amide bonds. The number of methoxy groups -OCH3 is 1. The van der Waals surface area contributed by atoms with E-state index in [1.54, 1.807) is 24.6 Å². The molecule has 2 fully saturated rings. The zero-order valence-electron chi connectivity index (χ0n) is 44.6. The van der Waals surface area contributed by atoms with E-state index >= 15 is 4.39 Å². The Hall–Kier alpha value is -9.01. The fourth-order valence-corrected chi connectivity index (χ4v) is 9.63. The number of halogens is 3. The van der Waals surface area contributed by atoms with Gasteiger partial charge in [0.25, 0.3) is 23.6 Å². The highest BCUT2D eigenvalue weighted by Gasteiger charge is 2.33. The normalized spacial score (nSPS) is 17.3. The number of aliphatic imine (C=N–C) groups is 2. The topological polar surface area (TPSA) is 227 Å². The number of fused-ring (bicyclic) bond motifs is 2. The van der Waals surface area contributed by atoms with E-state index in [4.69, 9.17) is 14.2 Å². The third-order valence-corrected chi connectivity index (χ3v) is 14.0. The Balaban J connectivity index is 0.000000196. The van der Waals surface area contributed by atoms with Crippen molar-refractivity contribution in [1.82, 2.24) is 31.9 Å². The van der Waals surface area contributed by atoms with Gasteiger partial charge in [-0.3, -0.25) is 38.8 Å². The molecule has 0 bridgehead atoms. The Labute approximate surface area is 465 Å². The highest BCUT2D eigenvalue weighted by Crippen LogP contribution is 2.32. The van der Waals surface area contributed by atoms with Crippen LogP contribution in [0.15, 0.2) is 119 Å². The maximum absolute atomic E-state index is 15.1. The SMILES string of the molecule is CCCOc1ccc(F)c(F)c1C(=O)c1ccc(C(=O)N[C@@H]2CNC[C@H]2NC(=O)c2ccc3c(c2)CN=C3)cc1.CCCOc1ccc(OC)c(F)c1C(=O)c1ccc(C(=O)N[C@@H]2CNC[C@H]2NC(=O)c2ccc3c(c2)CN=C3)cc1. The first-order valence-corrected chi connectivity index (χ1v) is 26.5. The summed E-state index contributed by atoms with van der Waals surface area (Å²) in [6.45, 7) is 7.38. The van der Waals surface area contributed by atoms with Gasteiger partial charge in [0, 0.05) is 72.0 Å². The standard InChI is InChI=1S/C31H31FN4O5.C30H28F2N4O4/c1-3-12-41-25-10-11-26(40-2)28(32)27(25)29(37)18-4-6-19(7-5-18)30(38)35-23-16-34-17-24(23)36-31(39)20-8-9-21-14-33-15-22(21)13-20;1-2-11-40-25-10-9-22(31)27(32)26(25)28(37)17-3-5-18(6-4-17)29(38)35-23-15-34-16-24(23)36-30(39)19-7-8-20-13-33-14-21(20)12-19/h4-11,13-14,23-24,34H,3,12,15-17H2,1-2H3,(H,35,38)(H,36,39);3-10,12-13,23-24,34H,2,11,14-16H2,1H3,(H,35,38)(H,36,39)/t2*23-,24-/m11/s1. The summed E-state index contributed by atoms with van der Waals surface area (Å²) < 4.78 is 59.7. The Morgan fingerprint density at radius 3 is 1.25 bits per heavy atom. The maximum Gasteiger partial charge on any atom is 0.251 e. The summed E-state index contributed by atoms with van der Waals surface area (Å²) >= 11 is 0. The molecule has 10 rings (SSSR count). The third-order valence-electron chi connectivity index (χ3n) is 14.0. The van der Waals surface area contributed by atoms with Crippen LogP contribution in [0.2, 0.25) is 0 Å². The molecule has 0 unspecified atom stereocenters. The van der Waals surface area contributed by atoms with E-state index in [2.05, 4.69) is 41.9 Å². The first-order valence-electron chi connectivity index (χ1n) is 26.5. The van der Waals surface area contributed by atoms with Crippen molar-refractivity contribution in [3.63, 3.8) is 0 Å². The summed E-state index contributed by atoms with van der Waals surface area (Å²) in [6.07, 6.45) is 4.89. The Kier molecular flexibility index (Phi) is 18.1. The van der Waals surface area contributed by atoms with Crippen molar-refractivity contribution < 1.29 is 56.1 Å². The summed E-state index contributed by atoms with van der Waals surface area (Å²) in [5.41, 5.74) is 5.25. The van der Waals surface area contributed by atoms with Crippen LogP contribution in [0.5, 0.6) is 17.2 Å². The lowest BCUT2D eigenvalue weighted by Gasteiger charge is -2.21. The van der Waals surface area contributed by atoms with E-state index in [9.17, 15) is 37.5 Å². The predicted octanol–water partition coefficient (Wildman–Crippen LogP) is 6.70. The smallest absolute Gasteiger partial charge is 0.251 e. The van der Waals surface area contributed by atoms with Gasteiger partial charge in [-0.15, -0.1) is 0 Å². The van der Waals surface area contributed by atoms with Crippen LogP contribution < -0.4 is 46.1 Å². The lowest BCUT2D eigenvalue weighted by atomic mass is 10.00. The van der Waals surface area contributed by atoms with Crippen LogP contribution in [0.25, 0.3) is 0 Å². The first-order chi connectivity index (χ1) is 39.2. The van der Waals surface area contributed by atoms with Crippen molar-refractivity contribution in [1.29, 1.82) is 0 Å². The monoisotopic (exact) mass is 1100 g/mol. The number of nitrogens with one attached hydrogen (secondary N) is 6. The minimum atomic E-state index is -1.28. The number of carbonyl (C=O) groups excluding carboxylic acids is 6. The van der Waals surface area contributed by atoms with Crippen LogP contribution in [-0.2, 0) is 13.1 Å². The summed E-state index contributed by atoms with van der Waals surface area (Å²) in [4.78, 5) is 86.5. The molecule has 81 heavy (non-hydrogen) atoms. The number of carbonyl (C=O) groups is 6. The number of hydrogen-bond acceptors (Lipinski definition) is 13. The minimum absolute atomic E-state index is 0.0392. The molecule has 4 heterocycles. The fourth-order valence-electron chi connectivity index (χ4n) is 9.63. The molecule has 418 valence electrons. The zero-order valence-corrected chi connectivity index (χ0v) is 44.6. The van der Waals surface area contributed by atoms with Crippen molar-refractivity contribution in [2.45, 2.75) is 63.9 Å². The molecule has 4 aliphatic rings. The molecule has 6 aromatic rings. The quantitative estimate of drug-likeness (QED) is 0.0468. The average molecular weight is 1110 g/mol. The van der Waals surface area contributed by atoms with E-state index in [-0.39, 0.29) is 88.0 Å². The molecule has 0 aliphatic carbocycles. The van der Waals surface area contributed by atoms with Gasteiger partial charge in [-0.1, -0.05) is 50.2 Å². The molecule has 4 aliphatic heterocycles. The van der Waals surface area contributed by atoms with Crippen molar-refractivity contribution in [3.8, 4) is 17.2 Å². The van der Waals surface area contributed by atoms with Crippen molar-refractivity contribution in [2.75, 3.05) is 46.5 Å². The largest absolute Gasteiger partial charge is 0.494 e. The molecule has 0 saturated carbocycles. The van der Waals surface area contributed by atoms with Gasteiger partial charge in [-0.05, 0) is 108 Å². The molecular weight excluding hydrogens is 1050 g/mol. The number of ketones is 2.